The first-order valence-corrected chi connectivity index (χ1v) is 10.2. The largest absolute Gasteiger partial charge is 0.495 e. The van der Waals surface area contributed by atoms with Crippen molar-refractivity contribution in [3.63, 3.8) is 0 Å². The minimum Gasteiger partial charge on any atom is -0.495 e. The molecule has 2 saturated heterocycles. The van der Waals surface area contributed by atoms with E-state index in [2.05, 4.69) is 10.6 Å². The van der Waals surface area contributed by atoms with E-state index >= 15 is 0 Å². The summed E-state index contributed by atoms with van der Waals surface area (Å²) in [5, 5.41) is 6.11. The second kappa shape index (κ2) is 9.03. The van der Waals surface area contributed by atoms with Gasteiger partial charge in [0.2, 0.25) is 15.9 Å². The minimum atomic E-state index is -3.56. The Kier molecular flexibility index (Phi) is 7.28. The summed E-state index contributed by atoms with van der Waals surface area (Å²) in [7, 11) is -2.12. The highest BCUT2D eigenvalue weighted by molar-refractivity contribution is 7.89. The number of sulfonamides is 1. The van der Waals surface area contributed by atoms with Crippen LogP contribution in [-0.4, -0.2) is 51.9 Å². The molecule has 2 fully saturated rings. The number of ether oxygens (including phenoxy) is 1. The number of halogens is 1. The van der Waals surface area contributed by atoms with E-state index in [0.717, 1.165) is 38.8 Å². The van der Waals surface area contributed by atoms with Crippen molar-refractivity contribution < 1.29 is 17.9 Å². The van der Waals surface area contributed by atoms with E-state index in [1.165, 1.54) is 17.5 Å². The van der Waals surface area contributed by atoms with E-state index in [4.69, 9.17) is 4.74 Å². The fraction of sp³-hybridized carbons (Fsp3) is 0.588. The predicted octanol–water partition coefficient (Wildman–Crippen LogP) is 1.84. The van der Waals surface area contributed by atoms with Crippen LogP contribution in [-0.2, 0) is 14.8 Å². The molecule has 0 unspecified atom stereocenters. The maximum Gasteiger partial charge on any atom is 0.246 e. The van der Waals surface area contributed by atoms with Crippen LogP contribution in [0.4, 0.5) is 5.69 Å². The molecular weight excluding hydrogens is 378 g/mol. The molecule has 2 aliphatic rings. The summed E-state index contributed by atoms with van der Waals surface area (Å²) < 4.78 is 32.3. The minimum absolute atomic E-state index is 0. The molecule has 0 aliphatic carbocycles. The van der Waals surface area contributed by atoms with Crippen LogP contribution in [0.2, 0.25) is 0 Å². The zero-order valence-electron chi connectivity index (χ0n) is 14.9. The van der Waals surface area contributed by atoms with Crippen molar-refractivity contribution in [2.75, 3.05) is 38.6 Å². The molecule has 1 amide bonds. The molecule has 9 heteroatoms. The number of anilines is 1. The van der Waals surface area contributed by atoms with Gasteiger partial charge in [-0.15, -0.1) is 12.4 Å². The Labute approximate surface area is 160 Å². The first kappa shape index (κ1) is 21.0. The molecule has 1 aromatic rings. The van der Waals surface area contributed by atoms with Crippen molar-refractivity contribution in [1.29, 1.82) is 0 Å². The highest BCUT2D eigenvalue weighted by Crippen LogP contribution is 2.31. The molecule has 3 rings (SSSR count). The number of nitrogens with one attached hydrogen (secondary N) is 2. The molecule has 0 spiro atoms. The van der Waals surface area contributed by atoms with Gasteiger partial charge in [-0.1, -0.05) is 0 Å². The molecule has 0 bridgehead atoms. The van der Waals surface area contributed by atoms with Gasteiger partial charge in [-0.3, -0.25) is 4.79 Å². The number of hydrogen-bond acceptors (Lipinski definition) is 5. The van der Waals surface area contributed by atoms with Crippen LogP contribution in [0.25, 0.3) is 0 Å². The van der Waals surface area contributed by atoms with E-state index in [1.54, 1.807) is 12.1 Å². The molecular formula is C17H26ClN3O4S. The van der Waals surface area contributed by atoms with Crippen LogP contribution in [0, 0.1) is 5.92 Å². The highest BCUT2D eigenvalue weighted by Gasteiger charge is 2.30. The number of methoxy groups -OCH3 is 1. The number of nitrogens with zero attached hydrogens (tertiary/aromatic N) is 1. The summed E-state index contributed by atoms with van der Waals surface area (Å²) in [6.07, 6.45) is 3.38. The maximum atomic E-state index is 12.7. The number of carbonyl (C=O) groups excluding carboxylic acids is 1. The molecule has 2 heterocycles. The zero-order chi connectivity index (χ0) is 17.9. The molecule has 0 saturated carbocycles. The van der Waals surface area contributed by atoms with Gasteiger partial charge in [-0.25, -0.2) is 8.42 Å². The molecule has 26 heavy (non-hydrogen) atoms. The monoisotopic (exact) mass is 403 g/mol. The summed E-state index contributed by atoms with van der Waals surface area (Å²) in [6.45, 7) is 2.77. The van der Waals surface area contributed by atoms with Crippen molar-refractivity contribution >= 4 is 34.0 Å². The topological polar surface area (TPSA) is 87.7 Å². The number of hydrogen-bond donors (Lipinski definition) is 2. The van der Waals surface area contributed by atoms with Gasteiger partial charge in [0.05, 0.1) is 7.11 Å². The van der Waals surface area contributed by atoms with Crippen LogP contribution < -0.4 is 15.4 Å². The number of amides is 1. The lowest BCUT2D eigenvalue weighted by atomic mass is 9.97. The molecule has 0 atom stereocenters. The Bertz CT molecular complexity index is 730. The standard InChI is InChI=1S/C17H25N3O4S.ClH/c1-24-15-12-14(19-17(21)13-6-8-18-9-7-13)4-5-16(15)25(22,23)20-10-2-3-11-20;/h4-5,12-13,18H,2-3,6-11H2,1H3,(H,19,21);1H. The quantitative estimate of drug-likeness (QED) is 0.783. The van der Waals surface area contributed by atoms with Crippen molar-refractivity contribution in [2.45, 2.75) is 30.6 Å². The van der Waals surface area contributed by atoms with E-state index in [-0.39, 0.29) is 34.9 Å². The van der Waals surface area contributed by atoms with Gasteiger partial charge in [0.1, 0.15) is 10.6 Å². The summed E-state index contributed by atoms with van der Waals surface area (Å²) in [4.78, 5) is 12.5. The summed E-state index contributed by atoms with van der Waals surface area (Å²) >= 11 is 0. The summed E-state index contributed by atoms with van der Waals surface area (Å²) in [5.74, 6) is 0.217. The van der Waals surface area contributed by atoms with Gasteiger partial charge in [0.25, 0.3) is 0 Å². The van der Waals surface area contributed by atoms with Gasteiger partial charge in [0, 0.05) is 30.8 Å². The number of rotatable bonds is 5. The maximum absolute atomic E-state index is 12.7. The van der Waals surface area contributed by atoms with Crippen molar-refractivity contribution in [1.82, 2.24) is 9.62 Å². The zero-order valence-corrected chi connectivity index (χ0v) is 16.5. The fourth-order valence-corrected chi connectivity index (χ4v) is 5.01. The molecule has 7 nitrogen and oxygen atoms in total. The number of carbonyl (C=O) groups is 1. The van der Waals surface area contributed by atoms with Crippen LogP contribution in [0.5, 0.6) is 5.75 Å². The van der Waals surface area contributed by atoms with E-state index in [1.807, 2.05) is 0 Å². The highest BCUT2D eigenvalue weighted by atomic mass is 35.5. The Hall–Kier alpha value is -1.35. The average molecular weight is 404 g/mol. The number of piperidine rings is 1. The van der Waals surface area contributed by atoms with Crippen LogP contribution in [0.1, 0.15) is 25.7 Å². The second-order valence-corrected chi connectivity index (χ2v) is 8.40. The van der Waals surface area contributed by atoms with Gasteiger partial charge in [-0.05, 0) is 50.9 Å². The van der Waals surface area contributed by atoms with E-state index < -0.39 is 10.0 Å². The smallest absolute Gasteiger partial charge is 0.246 e. The van der Waals surface area contributed by atoms with Gasteiger partial charge < -0.3 is 15.4 Å². The van der Waals surface area contributed by atoms with Crippen LogP contribution in [0.15, 0.2) is 23.1 Å². The summed E-state index contributed by atoms with van der Waals surface area (Å²) in [5.41, 5.74) is 0.556. The van der Waals surface area contributed by atoms with Crippen molar-refractivity contribution in [2.24, 2.45) is 5.92 Å². The molecule has 0 radical (unpaired) electrons. The third-order valence-corrected chi connectivity index (χ3v) is 6.76. The Balaban J connectivity index is 0.00000243. The fourth-order valence-electron chi connectivity index (χ4n) is 3.35. The van der Waals surface area contributed by atoms with Gasteiger partial charge in [0.15, 0.2) is 0 Å². The van der Waals surface area contributed by atoms with E-state index in [0.29, 0.717) is 18.8 Å². The van der Waals surface area contributed by atoms with Gasteiger partial charge in [-0.2, -0.15) is 4.31 Å². The lowest BCUT2D eigenvalue weighted by Crippen LogP contribution is -2.34. The lowest BCUT2D eigenvalue weighted by Gasteiger charge is -2.22. The van der Waals surface area contributed by atoms with Crippen LogP contribution >= 0.6 is 12.4 Å². The predicted molar refractivity (Wildman–Crippen MR) is 102 cm³/mol. The third-order valence-electron chi connectivity index (χ3n) is 4.82. The normalized spacial score (nSPS) is 19.0. The van der Waals surface area contributed by atoms with Gasteiger partial charge >= 0.3 is 0 Å². The first-order valence-electron chi connectivity index (χ1n) is 8.72. The first-order chi connectivity index (χ1) is 12.0. The molecule has 1 aromatic carbocycles. The Morgan fingerprint density at radius 3 is 2.50 bits per heavy atom. The third kappa shape index (κ3) is 4.49. The second-order valence-electron chi connectivity index (χ2n) is 6.49. The molecule has 146 valence electrons. The molecule has 2 N–H and O–H groups in total. The number of benzene rings is 1. The Morgan fingerprint density at radius 1 is 1.23 bits per heavy atom. The van der Waals surface area contributed by atoms with Crippen LogP contribution in [0.3, 0.4) is 0 Å². The molecule has 0 aromatic heterocycles. The Morgan fingerprint density at radius 2 is 1.88 bits per heavy atom. The lowest BCUT2D eigenvalue weighted by molar-refractivity contribution is -0.120. The van der Waals surface area contributed by atoms with Crippen molar-refractivity contribution in [3.8, 4) is 5.75 Å². The average Bonchev–Trinajstić information content (AvgIpc) is 3.17. The molecule has 2 aliphatic heterocycles. The van der Waals surface area contributed by atoms with Crippen molar-refractivity contribution in [3.05, 3.63) is 18.2 Å². The summed E-state index contributed by atoms with van der Waals surface area (Å²) in [6, 6.07) is 4.73. The van der Waals surface area contributed by atoms with E-state index in [9.17, 15) is 13.2 Å². The SMILES string of the molecule is COc1cc(NC(=O)C2CCNCC2)ccc1S(=O)(=O)N1CCCC1.Cl.